The molecule has 1 aliphatic heterocycles. The molecule has 0 N–H and O–H groups in total. The lowest BCUT2D eigenvalue weighted by molar-refractivity contribution is -0.124. The van der Waals surface area contributed by atoms with E-state index in [1.165, 1.54) is 11.0 Å². The lowest BCUT2D eigenvalue weighted by Gasteiger charge is -2.18. The molecule has 1 aliphatic rings. The van der Waals surface area contributed by atoms with Crippen molar-refractivity contribution in [2.24, 2.45) is 0 Å². The Morgan fingerprint density at radius 2 is 1.57 bits per heavy atom. The summed E-state index contributed by atoms with van der Waals surface area (Å²) >= 11 is 0. The average Bonchev–Trinajstić information content (AvgIpc) is 3.15. The van der Waals surface area contributed by atoms with Crippen molar-refractivity contribution in [1.82, 2.24) is 4.90 Å². The first-order valence-corrected chi connectivity index (χ1v) is 9.11. The normalized spacial score (nSPS) is 16.4. The third-order valence-corrected chi connectivity index (χ3v) is 4.71. The molecule has 0 aliphatic carbocycles. The van der Waals surface area contributed by atoms with Crippen molar-refractivity contribution in [3.63, 3.8) is 0 Å². The molecule has 4 nitrogen and oxygen atoms in total. The summed E-state index contributed by atoms with van der Waals surface area (Å²) in [7, 11) is 0. The van der Waals surface area contributed by atoms with E-state index in [1.807, 2.05) is 84.9 Å². The van der Waals surface area contributed by atoms with E-state index in [1.54, 1.807) is 6.08 Å². The highest BCUT2D eigenvalue weighted by Gasteiger charge is 2.37. The number of carbonyl (C=O) groups excluding carboxylic acids is 2. The molecule has 4 rings (SSSR count). The van der Waals surface area contributed by atoms with E-state index in [4.69, 9.17) is 4.74 Å². The van der Waals surface area contributed by atoms with Crippen LogP contribution in [0.3, 0.4) is 0 Å². The minimum Gasteiger partial charge on any atom is -0.446 e. The van der Waals surface area contributed by atoms with Crippen LogP contribution >= 0.6 is 0 Å². The van der Waals surface area contributed by atoms with Crippen LogP contribution in [0, 0.1) is 0 Å². The number of nitrogens with zero attached hydrogens (tertiary/aromatic N) is 1. The predicted molar refractivity (Wildman–Crippen MR) is 108 cm³/mol. The predicted octanol–water partition coefficient (Wildman–Crippen LogP) is 5.09. The summed E-state index contributed by atoms with van der Waals surface area (Å²) < 4.78 is 5.11. The van der Waals surface area contributed by atoms with Gasteiger partial charge in [-0.2, -0.15) is 0 Å². The summed E-state index contributed by atoms with van der Waals surface area (Å²) in [6, 6.07) is 27.0. The minimum atomic E-state index is -0.610. The average molecular weight is 369 g/mol. The molecule has 28 heavy (non-hydrogen) atoms. The third-order valence-electron chi connectivity index (χ3n) is 4.71. The van der Waals surface area contributed by atoms with E-state index in [-0.39, 0.29) is 12.5 Å². The first kappa shape index (κ1) is 17.7. The van der Waals surface area contributed by atoms with Crippen molar-refractivity contribution in [3.05, 3.63) is 102 Å². The van der Waals surface area contributed by atoms with Gasteiger partial charge in [-0.1, -0.05) is 78.9 Å². The monoisotopic (exact) mass is 369 g/mol. The van der Waals surface area contributed by atoms with Crippen LogP contribution in [0.1, 0.15) is 17.2 Å². The number of amides is 2. The van der Waals surface area contributed by atoms with Crippen LogP contribution in [0.2, 0.25) is 0 Å². The number of ether oxygens (including phenoxy) is 1. The molecule has 4 heteroatoms. The fourth-order valence-corrected chi connectivity index (χ4v) is 3.29. The van der Waals surface area contributed by atoms with E-state index in [2.05, 4.69) is 0 Å². The van der Waals surface area contributed by atoms with Crippen molar-refractivity contribution in [2.75, 3.05) is 6.61 Å². The van der Waals surface area contributed by atoms with Gasteiger partial charge in [-0.25, -0.2) is 9.69 Å². The Kier molecular flexibility index (Phi) is 5.02. The minimum absolute atomic E-state index is 0.173. The van der Waals surface area contributed by atoms with Crippen molar-refractivity contribution < 1.29 is 14.3 Å². The number of hydrogen-bond donors (Lipinski definition) is 0. The van der Waals surface area contributed by atoms with Gasteiger partial charge in [-0.3, -0.25) is 4.79 Å². The quantitative estimate of drug-likeness (QED) is 0.602. The Bertz CT molecular complexity index is 1010. The first-order chi connectivity index (χ1) is 13.7. The molecule has 0 spiro atoms. The van der Waals surface area contributed by atoms with Gasteiger partial charge in [0.1, 0.15) is 12.6 Å². The number of rotatable bonds is 4. The number of imide groups is 1. The highest BCUT2D eigenvalue weighted by Crippen LogP contribution is 2.28. The third kappa shape index (κ3) is 3.71. The molecule has 1 fully saturated rings. The Morgan fingerprint density at radius 1 is 0.893 bits per heavy atom. The molecule has 2 amide bonds. The molecule has 0 radical (unpaired) electrons. The molecule has 3 aromatic carbocycles. The first-order valence-electron chi connectivity index (χ1n) is 9.11. The van der Waals surface area contributed by atoms with E-state index in [0.717, 1.165) is 22.3 Å². The molecule has 1 heterocycles. The molecule has 0 aromatic heterocycles. The van der Waals surface area contributed by atoms with Crippen molar-refractivity contribution >= 4 is 18.1 Å². The zero-order valence-corrected chi connectivity index (χ0v) is 15.2. The lowest BCUT2D eigenvalue weighted by atomic mass is 10.0. The smallest absolute Gasteiger partial charge is 0.417 e. The zero-order chi connectivity index (χ0) is 19.3. The Morgan fingerprint density at radius 3 is 2.32 bits per heavy atom. The van der Waals surface area contributed by atoms with Gasteiger partial charge in [0.25, 0.3) is 5.91 Å². The zero-order valence-electron chi connectivity index (χ0n) is 15.2. The van der Waals surface area contributed by atoms with E-state index in [0.29, 0.717) is 0 Å². The molecular weight excluding hydrogens is 350 g/mol. The molecule has 0 bridgehead atoms. The summed E-state index contributed by atoms with van der Waals surface area (Å²) in [4.78, 5) is 26.0. The molecule has 3 aromatic rings. The van der Waals surface area contributed by atoms with E-state index in [9.17, 15) is 9.59 Å². The van der Waals surface area contributed by atoms with Gasteiger partial charge in [-0.15, -0.1) is 0 Å². The maximum Gasteiger partial charge on any atom is 0.417 e. The summed E-state index contributed by atoms with van der Waals surface area (Å²) in [6.07, 6.45) is 2.54. The van der Waals surface area contributed by atoms with Gasteiger partial charge in [0.2, 0.25) is 0 Å². The summed E-state index contributed by atoms with van der Waals surface area (Å²) in [5.74, 6) is -0.388. The fraction of sp³-hybridized carbons (Fsp3) is 0.0833. The summed E-state index contributed by atoms with van der Waals surface area (Å²) in [6.45, 7) is 0.173. The second-order valence-corrected chi connectivity index (χ2v) is 6.54. The van der Waals surface area contributed by atoms with Crippen LogP contribution in [-0.2, 0) is 9.53 Å². The number of carbonyl (C=O) groups is 2. The SMILES string of the molecule is O=C(/C=C/c1cccc(-c2ccccc2)c1)N1C(=O)OC[C@H]1c1ccccc1. The number of cyclic esters (lactones) is 1. The summed E-state index contributed by atoms with van der Waals surface area (Å²) in [5, 5.41) is 0. The Balaban J connectivity index is 1.54. The molecule has 1 saturated heterocycles. The summed E-state index contributed by atoms with van der Waals surface area (Å²) in [5.41, 5.74) is 3.94. The van der Waals surface area contributed by atoms with Crippen LogP contribution in [0.5, 0.6) is 0 Å². The highest BCUT2D eigenvalue weighted by molar-refractivity contribution is 6.02. The van der Waals surface area contributed by atoms with Crippen molar-refractivity contribution in [1.29, 1.82) is 0 Å². The van der Waals surface area contributed by atoms with E-state index >= 15 is 0 Å². The van der Waals surface area contributed by atoms with Crippen LogP contribution in [0.15, 0.2) is 91.0 Å². The van der Waals surface area contributed by atoms with Gasteiger partial charge in [-0.05, 0) is 34.4 Å². The van der Waals surface area contributed by atoms with E-state index < -0.39 is 12.1 Å². The highest BCUT2D eigenvalue weighted by atomic mass is 16.6. The second-order valence-electron chi connectivity index (χ2n) is 6.54. The maximum absolute atomic E-state index is 12.7. The number of hydrogen-bond acceptors (Lipinski definition) is 3. The molecule has 0 saturated carbocycles. The molecule has 1 atom stereocenters. The molecular formula is C24H19NO3. The van der Waals surface area contributed by atoms with Gasteiger partial charge < -0.3 is 4.74 Å². The Hall–Kier alpha value is -3.66. The van der Waals surface area contributed by atoms with Crippen molar-refractivity contribution in [3.8, 4) is 11.1 Å². The second kappa shape index (κ2) is 7.92. The lowest BCUT2D eigenvalue weighted by Crippen LogP contribution is -2.32. The number of benzene rings is 3. The standard InChI is InChI=1S/C24H19NO3/c26-23(25-22(17-28-24(25)27)20-11-5-2-6-12-20)15-14-18-8-7-13-21(16-18)19-9-3-1-4-10-19/h1-16,22H,17H2/b15-14+/t22-/m0/s1. The molecule has 0 unspecified atom stereocenters. The fourth-order valence-electron chi connectivity index (χ4n) is 3.29. The van der Waals surface area contributed by atoms with Crippen LogP contribution in [0.25, 0.3) is 17.2 Å². The molecule has 138 valence electrons. The van der Waals surface area contributed by atoms with Gasteiger partial charge in [0, 0.05) is 6.08 Å². The van der Waals surface area contributed by atoms with Crippen LogP contribution in [-0.4, -0.2) is 23.5 Å². The van der Waals surface area contributed by atoms with Crippen LogP contribution < -0.4 is 0 Å². The van der Waals surface area contributed by atoms with Gasteiger partial charge in [0.05, 0.1) is 0 Å². The topological polar surface area (TPSA) is 46.6 Å². The Labute approximate surface area is 163 Å². The van der Waals surface area contributed by atoms with Crippen molar-refractivity contribution in [2.45, 2.75) is 6.04 Å². The van der Waals surface area contributed by atoms with Crippen LogP contribution in [0.4, 0.5) is 4.79 Å². The largest absolute Gasteiger partial charge is 0.446 e. The van der Waals surface area contributed by atoms with Gasteiger partial charge in [0.15, 0.2) is 0 Å². The maximum atomic E-state index is 12.7. The van der Waals surface area contributed by atoms with Gasteiger partial charge >= 0.3 is 6.09 Å².